The largest absolute Gasteiger partial charge is 0.494 e. The van der Waals surface area contributed by atoms with Gasteiger partial charge in [-0.05, 0) is 43.3 Å². The molecular weight excluding hydrogens is 594 g/mol. The predicted molar refractivity (Wildman–Crippen MR) is 133 cm³/mol. The molecule has 4 rings (SSSR count). The molecule has 0 fully saturated rings. The standard InChI is InChI=1S/C31H14F10O2/c1-2-42-19-7-6-18(22(32)13-19)5-3-16-9-23(33)21(24(34)10-16)8-4-17-11-25(35)29(26(36)12-17)31(40,41)43-20-14-27(37)30(39)28(38)15-20/h6-7,9-15H,2H2,1H3. The Morgan fingerprint density at radius 3 is 1.63 bits per heavy atom. The maximum Gasteiger partial charge on any atom is 0.432 e. The molecule has 43 heavy (non-hydrogen) atoms. The van der Waals surface area contributed by atoms with Gasteiger partial charge < -0.3 is 9.47 Å². The van der Waals surface area contributed by atoms with Gasteiger partial charge >= 0.3 is 6.11 Å². The Morgan fingerprint density at radius 2 is 1.09 bits per heavy atom. The highest BCUT2D eigenvalue weighted by molar-refractivity contribution is 5.50. The zero-order valence-corrected chi connectivity index (χ0v) is 21.5. The molecule has 2 nitrogen and oxygen atoms in total. The van der Waals surface area contributed by atoms with Crippen LogP contribution in [0.15, 0.2) is 54.6 Å². The third kappa shape index (κ3) is 7.04. The Kier molecular flexibility index (Phi) is 8.90. The SMILES string of the molecule is CCOc1ccc(C#Cc2cc(F)c(C#Cc3cc(F)c(C(F)(F)Oc4cc(F)c(F)c(F)c4)c(F)c3)c(F)c2)c(F)c1. The van der Waals surface area contributed by atoms with E-state index in [1.54, 1.807) is 6.92 Å². The number of alkyl halides is 2. The molecule has 0 spiro atoms. The van der Waals surface area contributed by atoms with E-state index in [2.05, 4.69) is 16.6 Å². The van der Waals surface area contributed by atoms with Crippen LogP contribution in [0.1, 0.15) is 34.7 Å². The molecular formula is C31H14F10O2. The van der Waals surface area contributed by atoms with Crippen molar-refractivity contribution in [2.24, 2.45) is 0 Å². The molecule has 0 N–H and O–H groups in total. The number of ether oxygens (including phenoxy) is 2. The molecule has 0 radical (unpaired) electrons. The molecule has 0 amide bonds. The second-order valence-corrected chi connectivity index (χ2v) is 8.52. The molecule has 4 aromatic rings. The zero-order valence-electron chi connectivity index (χ0n) is 21.5. The van der Waals surface area contributed by atoms with Gasteiger partial charge in [0, 0.05) is 29.3 Å². The highest BCUT2D eigenvalue weighted by Crippen LogP contribution is 2.36. The highest BCUT2D eigenvalue weighted by atomic mass is 19.3. The van der Waals surface area contributed by atoms with Crippen LogP contribution < -0.4 is 9.47 Å². The van der Waals surface area contributed by atoms with Crippen molar-refractivity contribution < 1.29 is 53.4 Å². The summed E-state index contributed by atoms with van der Waals surface area (Å²) in [7, 11) is 0. The summed E-state index contributed by atoms with van der Waals surface area (Å²) in [5.41, 5.74) is -3.72. The molecule has 0 aliphatic rings. The Morgan fingerprint density at radius 1 is 0.581 bits per heavy atom. The van der Waals surface area contributed by atoms with Crippen LogP contribution in [0.25, 0.3) is 0 Å². The average Bonchev–Trinajstić information content (AvgIpc) is 2.90. The number of hydrogen-bond donors (Lipinski definition) is 0. The maximum absolute atomic E-state index is 14.6. The van der Waals surface area contributed by atoms with Gasteiger partial charge in [0.25, 0.3) is 0 Å². The van der Waals surface area contributed by atoms with Crippen LogP contribution in [0.4, 0.5) is 43.9 Å². The van der Waals surface area contributed by atoms with Crippen LogP contribution in [0.2, 0.25) is 0 Å². The van der Waals surface area contributed by atoms with E-state index in [1.807, 2.05) is 11.8 Å². The molecule has 0 saturated carbocycles. The molecule has 0 heterocycles. The first-order valence-electron chi connectivity index (χ1n) is 12.0. The van der Waals surface area contributed by atoms with Crippen molar-refractivity contribution in [1.82, 2.24) is 0 Å². The van der Waals surface area contributed by atoms with Crippen molar-refractivity contribution in [3.05, 3.63) is 129 Å². The lowest BCUT2D eigenvalue weighted by atomic mass is 10.1. The maximum atomic E-state index is 14.6. The molecule has 0 saturated heterocycles. The third-order valence-corrected chi connectivity index (χ3v) is 5.50. The first-order chi connectivity index (χ1) is 20.3. The minimum Gasteiger partial charge on any atom is -0.494 e. The summed E-state index contributed by atoms with van der Waals surface area (Å²) in [5, 5.41) is 0. The van der Waals surface area contributed by atoms with Gasteiger partial charge in [0.15, 0.2) is 17.5 Å². The molecule has 0 atom stereocenters. The Balaban J connectivity index is 1.58. The smallest absolute Gasteiger partial charge is 0.432 e. The molecule has 0 aliphatic heterocycles. The van der Waals surface area contributed by atoms with E-state index < -0.39 is 75.1 Å². The van der Waals surface area contributed by atoms with E-state index in [9.17, 15) is 43.9 Å². The first kappa shape index (κ1) is 30.8. The monoisotopic (exact) mass is 608 g/mol. The quantitative estimate of drug-likeness (QED) is 0.130. The molecule has 0 aliphatic carbocycles. The van der Waals surface area contributed by atoms with E-state index in [-0.39, 0.29) is 29.0 Å². The average molecular weight is 608 g/mol. The van der Waals surface area contributed by atoms with Crippen molar-refractivity contribution in [1.29, 1.82) is 0 Å². The van der Waals surface area contributed by atoms with E-state index >= 15 is 0 Å². The van der Waals surface area contributed by atoms with E-state index in [0.29, 0.717) is 18.7 Å². The second kappa shape index (κ2) is 12.4. The predicted octanol–water partition coefficient (Wildman–Crippen LogP) is 8.13. The highest BCUT2D eigenvalue weighted by Gasteiger charge is 2.41. The van der Waals surface area contributed by atoms with Crippen molar-refractivity contribution >= 4 is 0 Å². The Bertz CT molecular complexity index is 1780. The van der Waals surface area contributed by atoms with Crippen molar-refractivity contribution in [2.45, 2.75) is 13.0 Å². The van der Waals surface area contributed by atoms with Crippen LogP contribution in [0.5, 0.6) is 11.5 Å². The fourth-order valence-corrected chi connectivity index (χ4v) is 3.61. The lowest BCUT2D eigenvalue weighted by Gasteiger charge is -2.19. The third-order valence-electron chi connectivity index (χ3n) is 5.50. The fraction of sp³-hybridized carbons (Fsp3) is 0.0968. The summed E-state index contributed by atoms with van der Waals surface area (Å²) in [6.07, 6.45) is -4.83. The molecule has 0 bridgehead atoms. The lowest BCUT2D eigenvalue weighted by molar-refractivity contribution is -0.189. The van der Waals surface area contributed by atoms with Crippen molar-refractivity contribution in [3.8, 4) is 35.2 Å². The molecule has 0 unspecified atom stereocenters. The number of rotatable bonds is 5. The molecule has 4 aromatic carbocycles. The van der Waals surface area contributed by atoms with Gasteiger partial charge in [0.1, 0.15) is 46.1 Å². The van der Waals surface area contributed by atoms with Gasteiger partial charge in [-0.2, -0.15) is 8.78 Å². The summed E-state index contributed by atoms with van der Waals surface area (Å²) >= 11 is 0. The van der Waals surface area contributed by atoms with Crippen molar-refractivity contribution in [2.75, 3.05) is 6.61 Å². The van der Waals surface area contributed by atoms with Gasteiger partial charge in [0.2, 0.25) is 0 Å². The van der Waals surface area contributed by atoms with Gasteiger partial charge in [-0.3, -0.25) is 0 Å². The topological polar surface area (TPSA) is 18.5 Å². The summed E-state index contributed by atoms with van der Waals surface area (Å²) in [4.78, 5) is 0. The van der Waals surface area contributed by atoms with E-state index in [1.165, 1.54) is 12.1 Å². The Hall–Kier alpha value is -5.10. The van der Waals surface area contributed by atoms with Crippen LogP contribution in [0.3, 0.4) is 0 Å². The Labute approximate surface area is 237 Å². The molecule has 0 aromatic heterocycles. The van der Waals surface area contributed by atoms with Crippen LogP contribution in [-0.4, -0.2) is 6.61 Å². The molecule has 12 heteroatoms. The normalized spacial score (nSPS) is 10.9. The summed E-state index contributed by atoms with van der Waals surface area (Å²) in [5.74, 6) is -4.95. The van der Waals surface area contributed by atoms with Crippen LogP contribution >= 0.6 is 0 Å². The fourth-order valence-electron chi connectivity index (χ4n) is 3.61. The van der Waals surface area contributed by atoms with Crippen molar-refractivity contribution in [3.63, 3.8) is 0 Å². The minimum atomic E-state index is -4.83. The van der Waals surface area contributed by atoms with Crippen LogP contribution in [0, 0.1) is 70.2 Å². The summed E-state index contributed by atoms with van der Waals surface area (Å²) < 4.78 is 150. The first-order valence-corrected chi connectivity index (χ1v) is 12.0. The molecule has 220 valence electrons. The zero-order chi connectivity index (χ0) is 31.5. The number of hydrogen-bond acceptors (Lipinski definition) is 2. The lowest BCUT2D eigenvalue weighted by Crippen LogP contribution is -2.25. The van der Waals surface area contributed by atoms with Gasteiger partial charge in [0.05, 0.1) is 17.7 Å². The van der Waals surface area contributed by atoms with Gasteiger partial charge in [-0.1, -0.05) is 23.7 Å². The van der Waals surface area contributed by atoms with Crippen LogP contribution in [-0.2, 0) is 6.11 Å². The summed E-state index contributed by atoms with van der Waals surface area (Å²) in [6.45, 7) is 2.02. The summed E-state index contributed by atoms with van der Waals surface area (Å²) in [6, 6.07) is 6.09. The van der Waals surface area contributed by atoms with Gasteiger partial charge in [-0.25, -0.2) is 35.1 Å². The van der Waals surface area contributed by atoms with Gasteiger partial charge in [-0.15, -0.1) is 0 Å². The van der Waals surface area contributed by atoms with E-state index in [0.717, 1.165) is 18.2 Å². The number of halogens is 10. The number of benzene rings is 4. The second-order valence-electron chi connectivity index (χ2n) is 8.52. The van der Waals surface area contributed by atoms with E-state index in [4.69, 9.17) is 4.74 Å². The minimum absolute atomic E-state index is 0.0420.